The zero-order valence-corrected chi connectivity index (χ0v) is 47.7. The van der Waals surface area contributed by atoms with Crippen LogP contribution < -0.4 is 0 Å². The summed E-state index contributed by atoms with van der Waals surface area (Å²) in [6.07, 6.45) is 24.5. The van der Waals surface area contributed by atoms with E-state index < -0.39 is 42.1 Å². The summed E-state index contributed by atoms with van der Waals surface area (Å²) >= 11 is 0. The van der Waals surface area contributed by atoms with Crippen molar-refractivity contribution in [1.29, 1.82) is 0 Å². The van der Waals surface area contributed by atoms with Gasteiger partial charge in [-0.2, -0.15) is 0 Å². The molecule has 0 N–H and O–H groups in total. The number of hydrogen-bond acceptors (Lipinski definition) is 15. The molecule has 16 heteroatoms. The molecule has 2 saturated heterocycles. The quantitative estimate of drug-likeness (QED) is 0.0318. The minimum absolute atomic E-state index is 0.0118. The fourth-order valence-corrected chi connectivity index (χ4v) is 9.47. The number of nitrogens with zero attached hydrogens (tertiary/aromatic N) is 2. The molecular weight excluding hydrogens is 961 g/mol. The molecule has 1 amide bonds. The SMILES string of the molecule is CCCCCCCCC(=O)OCC(COC(=O)CCCCCCCC)CC(=O)O[C@@H]1C[C@@H](OC(=O)CC(COC(=O)CCCCCCCC)COC(=O)CCCCCCCC)CN(C(=O)OC2CCCN(C)CC2)C1. The number of hydrogen-bond donors (Lipinski definition) is 0. The lowest BCUT2D eigenvalue weighted by Gasteiger charge is -2.37. The molecule has 0 bridgehead atoms. The molecule has 2 fully saturated rings. The van der Waals surface area contributed by atoms with Crippen molar-refractivity contribution in [3.05, 3.63) is 0 Å². The molecule has 0 spiro atoms. The van der Waals surface area contributed by atoms with Crippen LogP contribution in [0.2, 0.25) is 0 Å². The Morgan fingerprint density at radius 2 is 0.733 bits per heavy atom. The topological polar surface area (TPSA) is 191 Å². The largest absolute Gasteiger partial charge is 0.465 e. The number of piperidine rings is 1. The van der Waals surface area contributed by atoms with Gasteiger partial charge in [0.2, 0.25) is 0 Å². The van der Waals surface area contributed by atoms with Crippen LogP contribution in [0.15, 0.2) is 0 Å². The number of carbonyl (C=O) groups excluding carboxylic acids is 7. The van der Waals surface area contributed by atoms with Gasteiger partial charge in [0.15, 0.2) is 0 Å². The molecule has 0 aliphatic carbocycles. The van der Waals surface area contributed by atoms with E-state index in [0.717, 1.165) is 148 Å². The lowest BCUT2D eigenvalue weighted by atomic mass is 10.0. The van der Waals surface area contributed by atoms with E-state index in [1.807, 2.05) is 7.05 Å². The number of ether oxygens (including phenoxy) is 7. The number of unbranched alkanes of at least 4 members (excludes halogenated alkanes) is 20. The lowest BCUT2D eigenvalue weighted by Crippen LogP contribution is -2.51. The van der Waals surface area contributed by atoms with E-state index >= 15 is 0 Å². The number of esters is 6. The van der Waals surface area contributed by atoms with E-state index in [-0.39, 0.29) is 114 Å². The zero-order chi connectivity index (χ0) is 54.7. The summed E-state index contributed by atoms with van der Waals surface area (Å²) in [5.74, 6) is -4.18. The predicted octanol–water partition coefficient (Wildman–Crippen LogP) is 12.3. The lowest BCUT2D eigenvalue weighted by molar-refractivity contribution is -0.167. The first-order valence-corrected chi connectivity index (χ1v) is 30.0. The molecule has 2 aliphatic rings. The third kappa shape index (κ3) is 35.9. The summed E-state index contributed by atoms with van der Waals surface area (Å²) in [4.78, 5) is 96.3. The van der Waals surface area contributed by atoms with Crippen molar-refractivity contribution in [2.24, 2.45) is 11.8 Å². The second-order valence-electron chi connectivity index (χ2n) is 21.5. The van der Waals surface area contributed by atoms with E-state index in [4.69, 9.17) is 33.2 Å². The highest BCUT2D eigenvalue weighted by Crippen LogP contribution is 2.24. The zero-order valence-electron chi connectivity index (χ0n) is 47.7. The summed E-state index contributed by atoms with van der Waals surface area (Å²) in [6.45, 7) is 9.69. The molecule has 434 valence electrons. The van der Waals surface area contributed by atoms with Gasteiger partial charge in [-0.25, -0.2) is 4.79 Å². The Kier molecular flexibility index (Phi) is 39.5. The standard InChI is InChI=1S/C59H104N2O14/c1-6-10-14-18-22-26-32-53(62)69-44-48(45-70-54(63)33-27-23-19-15-11-7-2)39-57(66)73-51-41-52(43-61(42-51)59(68)75-50-31-30-37-60(5)38-36-50)74-58(67)40-49(46-71-55(64)34-28-24-20-16-12-8-3)47-72-56(65)35-29-25-21-17-13-9-4/h48-52H,6-47H2,1-5H3/t50?,51-,52-/m1/s1. The third-order valence-electron chi connectivity index (χ3n) is 14.2. The summed E-state index contributed by atoms with van der Waals surface area (Å²) in [6, 6.07) is 0. The van der Waals surface area contributed by atoms with E-state index in [9.17, 15) is 33.6 Å². The first-order chi connectivity index (χ1) is 36.3. The Morgan fingerprint density at radius 3 is 1.08 bits per heavy atom. The molecule has 0 radical (unpaired) electrons. The fourth-order valence-electron chi connectivity index (χ4n) is 9.47. The fraction of sp³-hybridized carbons (Fsp3) is 0.881. The molecule has 3 atom stereocenters. The molecule has 0 aromatic carbocycles. The minimum Gasteiger partial charge on any atom is -0.465 e. The molecule has 2 aliphatic heterocycles. The number of likely N-dealkylation sites (tertiary alicyclic amines) is 2. The van der Waals surface area contributed by atoms with Crippen LogP contribution in [0.4, 0.5) is 4.79 Å². The average Bonchev–Trinajstić information content (AvgIpc) is 3.59. The van der Waals surface area contributed by atoms with Gasteiger partial charge in [0, 0.05) is 50.5 Å². The van der Waals surface area contributed by atoms with Gasteiger partial charge >= 0.3 is 41.9 Å². The summed E-state index contributed by atoms with van der Waals surface area (Å²) in [5, 5.41) is 0. The van der Waals surface area contributed by atoms with Crippen LogP contribution in [0.25, 0.3) is 0 Å². The van der Waals surface area contributed by atoms with Crippen molar-refractivity contribution in [2.75, 3.05) is 59.7 Å². The number of carbonyl (C=O) groups is 7. The molecule has 16 nitrogen and oxygen atoms in total. The van der Waals surface area contributed by atoms with Crippen LogP contribution in [0.5, 0.6) is 0 Å². The first-order valence-electron chi connectivity index (χ1n) is 30.0. The molecule has 2 heterocycles. The molecule has 0 aromatic heterocycles. The molecule has 2 rings (SSSR count). The van der Waals surface area contributed by atoms with Crippen molar-refractivity contribution >= 4 is 41.9 Å². The van der Waals surface area contributed by atoms with Crippen LogP contribution in [0.3, 0.4) is 0 Å². The number of rotatable bonds is 43. The maximum absolute atomic E-state index is 13.9. The van der Waals surface area contributed by atoms with Crippen molar-refractivity contribution in [3.8, 4) is 0 Å². The highest BCUT2D eigenvalue weighted by atomic mass is 16.6. The van der Waals surface area contributed by atoms with Gasteiger partial charge in [-0.3, -0.25) is 28.8 Å². The molecular formula is C59H104N2O14. The second kappa shape index (κ2) is 44.1. The highest BCUT2D eigenvalue weighted by Gasteiger charge is 2.37. The van der Waals surface area contributed by atoms with Crippen LogP contribution in [0.1, 0.15) is 246 Å². The van der Waals surface area contributed by atoms with Gasteiger partial charge < -0.3 is 43.0 Å². The molecule has 75 heavy (non-hydrogen) atoms. The summed E-state index contributed by atoms with van der Waals surface area (Å²) in [5.41, 5.74) is 0. The van der Waals surface area contributed by atoms with Crippen LogP contribution >= 0.6 is 0 Å². The van der Waals surface area contributed by atoms with E-state index in [1.54, 1.807) is 0 Å². The van der Waals surface area contributed by atoms with Crippen LogP contribution in [0, 0.1) is 11.8 Å². The van der Waals surface area contributed by atoms with E-state index in [2.05, 4.69) is 32.6 Å². The Hall–Kier alpha value is -3.95. The van der Waals surface area contributed by atoms with Crippen molar-refractivity contribution in [2.45, 2.75) is 264 Å². The molecule has 0 aromatic rings. The molecule has 0 saturated carbocycles. The Bertz CT molecular complexity index is 1410. The van der Waals surface area contributed by atoms with Gasteiger partial charge in [-0.15, -0.1) is 0 Å². The minimum atomic E-state index is -0.898. The second-order valence-corrected chi connectivity index (χ2v) is 21.5. The monoisotopic (exact) mass is 1060 g/mol. The highest BCUT2D eigenvalue weighted by molar-refractivity contribution is 5.73. The first kappa shape index (κ1) is 67.2. The van der Waals surface area contributed by atoms with Gasteiger partial charge in [0.25, 0.3) is 0 Å². The number of amides is 1. The van der Waals surface area contributed by atoms with Crippen molar-refractivity contribution < 1.29 is 66.7 Å². The van der Waals surface area contributed by atoms with Gasteiger partial charge in [-0.05, 0) is 58.5 Å². The third-order valence-corrected chi connectivity index (χ3v) is 14.2. The van der Waals surface area contributed by atoms with Gasteiger partial charge in [-0.1, -0.05) is 156 Å². The van der Waals surface area contributed by atoms with Gasteiger partial charge in [0.05, 0.1) is 52.4 Å². The van der Waals surface area contributed by atoms with Crippen molar-refractivity contribution in [1.82, 2.24) is 9.80 Å². The normalized spacial score (nSPS) is 17.1. The van der Waals surface area contributed by atoms with E-state index in [1.165, 1.54) is 4.90 Å². The average molecular weight is 1070 g/mol. The maximum atomic E-state index is 13.9. The predicted molar refractivity (Wildman–Crippen MR) is 290 cm³/mol. The Balaban J connectivity index is 2.19. The maximum Gasteiger partial charge on any atom is 0.410 e. The van der Waals surface area contributed by atoms with Crippen LogP contribution in [-0.2, 0) is 61.9 Å². The van der Waals surface area contributed by atoms with Gasteiger partial charge in [0.1, 0.15) is 18.3 Å². The molecule has 1 unspecified atom stereocenters. The smallest absolute Gasteiger partial charge is 0.410 e. The van der Waals surface area contributed by atoms with E-state index in [0.29, 0.717) is 38.5 Å². The van der Waals surface area contributed by atoms with Crippen molar-refractivity contribution in [3.63, 3.8) is 0 Å². The summed E-state index contributed by atoms with van der Waals surface area (Å²) in [7, 11) is 2.03. The van der Waals surface area contributed by atoms with Crippen LogP contribution in [-0.4, -0.2) is 130 Å². The Labute approximate surface area is 452 Å². The summed E-state index contributed by atoms with van der Waals surface area (Å²) < 4.78 is 40.5. The Morgan fingerprint density at radius 1 is 0.400 bits per heavy atom.